The zero-order valence-corrected chi connectivity index (χ0v) is 12.9. The first-order valence-electron chi connectivity index (χ1n) is 6.94. The van der Waals surface area contributed by atoms with E-state index >= 15 is 0 Å². The van der Waals surface area contributed by atoms with E-state index in [2.05, 4.69) is 15.6 Å². The summed E-state index contributed by atoms with van der Waals surface area (Å²) in [5, 5.41) is 22.4. The number of aliphatic hydroxyl groups excluding tert-OH is 1. The summed E-state index contributed by atoms with van der Waals surface area (Å²) in [5.41, 5.74) is 15.6. The minimum absolute atomic E-state index is 0.0996. The molecule has 0 aliphatic heterocycles. The molecule has 0 fully saturated rings. The highest BCUT2D eigenvalue weighted by Crippen LogP contribution is 1.99. The van der Waals surface area contributed by atoms with Crippen molar-refractivity contribution in [2.75, 3.05) is 13.2 Å². The van der Waals surface area contributed by atoms with Gasteiger partial charge in [0, 0.05) is 6.54 Å². The Morgan fingerprint density at radius 1 is 1.17 bits per heavy atom. The molecule has 0 saturated heterocycles. The van der Waals surface area contributed by atoms with E-state index in [4.69, 9.17) is 27.4 Å². The monoisotopic (exact) mass is 332 g/mol. The number of carboxylic acid groups (broad SMARTS) is 1. The third-order valence-corrected chi connectivity index (χ3v) is 2.85. The van der Waals surface area contributed by atoms with Gasteiger partial charge in [-0.05, 0) is 19.8 Å². The molecule has 0 aliphatic rings. The van der Waals surface area contributed by atoms with Crippen LogP contribution in [0.4, 0.5) is 0 Å². The van der Waals surface area contributed by atoms with Crippen LogP contribution in [0, 0.1) is 0 Å². The predicted molar refractivity (Wildman–Crippen MR) is 82.1 cm³/mol. The van der Waals surface area contributed by atoms with Gasteiger partial charge in [0.25, 0.3) is 0 Å². The van der Waals surface area contributed by atoms with Crippen molar-refractivity contribution >= 4 is 23.7 Å². The predicted octanol–water partition coefficient (Wildman–Crippen LogP) is -3.57. The van der Waals surface area contributed by atoms with Gasteiger partial charge in [-0.2, -0.15) is 0 Å². The number of carbonyl (C=O) groups excluding carboxylic acids is 2. The lowest BCUT2D eigenvalue weighted by Crippen LogP contribution is -2.53. The van der Waals surface area contributed by atoms with E-state index in [9.17, 15) is 14.4 Å². The van der Waals surface area contributed by atoms with Crippen LogP contribution in [0.25, 0.3) is 0 Å². The minimum atomic E-state index is -1.21. The van der Waals surface area contributed by atoms with Gasteiger partial charge in [0.05, 0.1) is 6.61 Å². The summed E-state index contributed by atoms with van der Waals surface area (Å²) in [6.07, 6.45) is 0.472. The molecule has 3 atom stereocenters. The number of hydrogen-bond acceptors (Lipinski definition) is 6. The second-order valence-electron chi connectivity index (χ2n) is 4.87. The molecule has 0 aromatic carbocycles. The quantitative estimate of drug-likeness (QED) is 0.121. The maximum atomic E-state index is 11.9. The first-order valence-corrected chi connectivity index (χ1v) is 6.94. The van der Waals surface area contributed by atoms with Gasteiger partial charge in [-0.1, -0.05) is 0 Å². The maximum Gasteiger partial charge on any atom is 0.326 e. The summed E-state index contributed by atoms with van der Waals surface area (Å²) in [7, 11) is 0. The van der Waals surface area contributed by atoms with Gasteiger partial charge in [-0.25, -0.2) is 4.79 Å². The van der Waals surface area contributed by atoms with Gasteiger partial charge in [-0.3, -0.25) is 14.6 Å². The molecule has 3 unspecified atom stereocenters. The van der Waals surface area contributed by atoms with Crippen LogP contribution in [0.5, 0.6) is 0 Å². The van der Waals surface area contributed by atoms with Crippen LogP contribution >= 0.6 is 0 Å². The van der Waals surface area contributed by atoms with Gasteiger partial charge in [0.2, 0.25) is 11.8 Å². The highest BCUT2D eigenvalue weighted by Gasteiger charge is 2.24. The lowest BCUT2D eigenvalue weighted by Gasteiger charge is -2.19. The molecule has 23 heavy (non-hydrogen) atoms. The fraction of sp³-hybridized carbons (Fsp3) is 0.667. The zero-order valence-electron chi connectivity index (χ0n) is 12.9. The molecule has 0 aromatic heterocycles. The Bertz CT molecular complexity index is 451. The lowest BCUT2D eigenvalue weighted by molar-refractivity contribution is -0.142. The van der Waals surface area contributed by atoms with Crippen molar-refractivity contribution in [1.29, 1.82) is 0 Å². The van der Waals surface area contributed by atoms with E-state index in [-0.39, 0.29) is 18.9 Å². The van der Waals surface area contributed by atoms with E-state index in [1.807, 2.05) is 0 Å². The number of aliphatic carboxylic acids is 1. The standard InChI is InChI=1S/C12H24N6O5/c1-6(17-10(21)7(13)5-19)9(20)18-8(11(22)23)3-2-4-16-12(14)15/h6-8,19H,2-5,13H2,1H3,(H,17,21)(H,18,20)(H,22,23)(H4,14,15,16). The summed E-state index contributed by atoms with van der Waals surface area (Å²) >= 11 is 0. The van der Waals surface area contributed by atoms with Crippen LogP contribution in [0.2, 0.25) is 0 Å². The number of carbonyl (C=O) groups is 3. The van der Waals surface area contributed by atoms with Crippen molar-refractivity contribution in [3.8, 4) is 0 Å². The Morgan fingerprint density at radius 2 is 1.78 bits per heavy atom. The Kier molecular flexibility index (Phi) is 9.27. The van der Waals surface area contributed by atoms with Crippen LogP contribution in [-0.2, 0) is 14.4 Å². The number of nitrogens with one attached hydrogen (secondary N) is 2. The molecule has 10 N–H and O–H groups in total. The smallest absolute Gasteiger partial charge is 0.326 e. The first-order chi connectivity index (χ1) is 10.7. The van der Waals surface area contributed by atoms with Gasteiger partial charge >= 0.3 is 5.97 Å². The third kappa shape index (κ3) is 8.58. The van der Waals surface area contributed by atoms with Crippen LogP contribution in [0.15, 0.2) is 4.99 Å². The molecular weight excluding hydrogens is 308 g/mol. The van der Waals surface area contributed by atoms with Gasteiger partial charge in [0.1, 0.15) is 18.1 Å². The van der Waals surface area contributed by atoms with Gasteiger partial charge < -0.3 is 38.0 Å². The molecule has 11 nitrogen and oxygen atoms in total. The number of rotatable bonds is 10. The molecular formula is C12H24N6O5. The second-order valence-corrected chi connectivity index (χ2v) is 4.87. The van der Waals surface area contributed by atoms with Crippen LogP contribution in [-0.4, -0.2) is 65.2 Å². The minimum Gasteiger partial charge on any atom is -0.480 e. The summed E-state index contributed by atoms with van der Waals surface area (Å²) in [4.78, 5) is 38.2. The number of hydrogen-bond donors (Lipinski definition) is 7. The van der Waals surface area contributed by atoms with Crippen molar-refractivity contribution in [2.24, 2.45) is 22.2 Å². The lowest BCUT2D eigenvalue weighted by atomic mass is 10.1. The van der Waals surface area contributed by atoms with E-state index < -0.39 is 42.5 Å². The Balaban J connectivity index is 4.46. The highest BCUT2D eigenvalue weighted by atomic mass is 16.4. The Morgan fingerprint density at radius 3 is 2.26 bits per heavy atom. The summed E-state index contributed by atoms with van der Waals surface area (Å²) in [6, 6.07) is -3.29. The molecule has 0 bridgehead atoms. The molecule has 0 spiro atoms. The first kappa shape index (κ1) is 20.6. The number of carboxylic acids is 1. The topological polar surface area (TPSA) is 206 Å². The molecule has 0 rings (SSSR count). The average Bonchev–Trinajstić information content (AvgIpc) is 2.48. The van der Waals surface area contributed by atoms with Crippen molar-refractivity contribution in [2.45, 2.75) is 37.9 Å². The number of aliphatic imine (C=N–C) groups is 1. The second kappa shape index (κ2) is 10.3. The van der Waals surface area contributed by atoms with Crippen LogP contribution < -0.4 is 27.8 Å². The highest BCUT2D eigenvalue weighted by molar-refractivity contribution is 5.91. The van der Waals surface area contributed by atoms with Crippen LogP contribution in [0.3, 0.4) is 0 Å². The number of amides is 2. The zero-order chi connectivity index (χ0) is 18.0. The van der Waals surface area contributed by atoms with Gasteiger partial charge in [0.15, 0.2) is 5.96 Å². The largest absolute Gasteiger partial charge is 0.480 e. The molecule has 0 radical (unpaired) electrons. The number of nitrogens with two attached hydrogens (primary N) is 3. The molecule has 0 aromatic rings. The average molecular weight is 332 g/mol. The molecule has 0 aliphatic carbocycles. The Hall–Kier alpha value is -2.40. The summed E-state index contributed by atoms with van der Waals surface area (Å²) in [6.45, 7) is 1.04. The van der Waals surface area contributed by atoms with Crippen molar-refractivity contribution in [3.63, 3.8) is 0 Å². The number of guanidine groups is 1. The molecule has 0 heterocycles. The van der Waals surface area contributed by atoms with E-state index in [1.54, 1.807) is 0 Å². The van der Waals surface area contributed by atoms with E-state index in [1.165, 1.54) is 6.92 Å². The van der Waals surface area contributed by atoms with Gasteiger partial charge in [-0.15, -0.1) is 0 Å². The number of aliphatic hydroxyl groups is 1. The fourth-order valence-corrected chi connectivity index (χ4v) is 1.53. The SMILES string of the molecule is CC(NC(=O)C(N)CO)C(=O)NC(CCCN=C(N)N)C(=O)O. The van der Waals surface area contributed by atoms with Crippen LogP contribution in [0.1, 0.15) is 19.8 Å². The molecule has 132 valence electrons. The third-order valence-electron chi connectivity index (χ3n) is 2.85. The van der Waals surface area contributed by atoms with E-state index in [0.29, 0.717) is 6.42 Å². The number of nitrogens with zero attached hydrogens (tertiary/aromatic N) is 1. The normalized spacial score (nSPS) is 14.2. The Labute approximate surface area is 133 Å². The van der Waals surface area contributed by atoms with Crippen molar-refractivity contribution in [3.05, 3.63) is 0 Å². The fourth-order valence-electron chi connectivity index (χ4n) is 1.53. The van der Waals surface area contributed by atoms with Crippen molar-refractivity contribution in [1.82, 2.24) is 10.6 Å². The maximum absolute atomic E-state index is 11.9. The summed E-state index contributed by atoms with van der Waals surface area (Å²) in [5.74, 6) is -2.71. The molecule has 2 amide bonds. The van der Waals surface area contributed by atoms with Crippen molar-refractivity contribution < 1.29 is 24.6 Å². The molecule has 11 heteroatoms. The molecule has 0 saturated carbocycles. The summed E-state index contributed by atoms with van der Waals surface area (Å²) < 4.78 is 0. The van der Waals surface area contributed by atoms with E-state index in [0.717, 1.165) is 0 Å².